The highest BCUT2D eigenvalue weighted by Gasteiger charge is 2.45. The molecule has 0 aliphatic heterocycles. The molecule has 1 saturated carbocycles. The minimum absolute atomic E-state index is 0.0965. The van der Waals surface area contributed by atoms with Gasteiger partial charge in [0.25, 0.3) is 5.91 Å². The Bertz CT molecular complexity index is 1070. The highest BCUT2D eigenvalue weighted by molar-refractivity contribution is 6.05. The maximum atomic E-state index is 13.0. The van der Waals surface area contributed by atoms with Crippen molar-refractivity contribution in [2.45, 2.75) is 32.1 Å². The van der Waals surface area contributed by atoms with Gasteiger partial charge in [-0.1, -0.05) is 18.2 Å². The van der Waals surface area contributed by atoms with E-state index in [0.717, 1.165) is 5.56 Å². The van der Waals surface area contributed by atoms with E-state index in [1.807, 2.05) is 13.0 Å². The van der Waals surface area contributed by atoms with Crippen molar-refractivity contribution in [3.05, 3.63) is 65.6 Å². The summed E-state index contributed by atoms with van der Waals surface area (Å²) in [4.78, 5) is 29.3. The van der Waals surface area contributed by atoms with Crippen LogP contribution in [-0.2, 0) is 0 Å². The number of rotatable bonds is 5. The summed E-state index contributed by atoms with van der Waals surface area (Å²) in [5.41, 5.74) is 2.76. The number of aryl methyl sites for hydroxylation is 1. The Kier molecular flexibility index (Phi) is 4.45. The van der Waals surface area contributed by atoms with Gasteiger partial charge < -0.3 is 5.32 Å². The number of Topliss-reactive ketones (excluding diaryl/α,β-unsaturated/α-hetero) is 1. The molecular formula is C21H19F2N3O2. The Morgan fingerprint density at radius 3 is 2.79 bits per heavy atom. The number of carbonyl (C=O) groups is 2. The van der Waals surface area contributed by atoms with Crippen molar-refractivity contribution in [1.82, 2.24) is 9.38 Å². The second kappa shape index (κ2) is 6.82. The standard InChI is InChI=1S/C21H19F2N3O2/c1-13-5-6-15(18(27)8-14-10-21(22,23)11-14)9-16(13)25-20(28)17-12-24-19-4-2-3-7-26(17)19/h2-7,9,12,14H,8,10-11H2,1H3,(H,25,28). The van der Waals surface area contributed by atoms with E-state index in [1.54, 1.807) is 40.9 Å². The summed E-state index contributed by atoms with van der Waals surface area (Å²) in [6.45, 7) is 1.82. The van der Waals surface area contributed by atoms with Gasteiger partial charge in [0.2, 0.25) is 5.92 Å². The molecule has 1 N–H and O–H groups in total. The topological polar surface area (TPSA) is 63.5 Å². The number of nitrogens with zero attached hydrogens (tertiary/aromatic N) is 2. The van der Waals surface area contributed by atoms with Crippen LogP contribution in [0.3, 0.4) is 0 Å². The van der Waals surface area contributed by atoms with Crippen LogP contribution in [0.15, 0.2) is 48.8 Å². The molecule has 3 aromatic rings. The lowest BCUT2D eigenvalue weighted by Gasteiger charge is -2.34. The maximum absolute atomic E-state index is 13.0. The molecule has 0 atom stereocenters. The molecule has 0 radical (unpaired) electrons. The first-order valence-electron chi connectivity index (χ1n) is 9.07. The van der Waals surface area contributed by atoms with E-state index in [-0.39, 0.29) is 36.9 Å². The molecule has 144 valence electrons. The fraction of sp³-hybridized carbons (Fsp3) is 0.286. The minimum atomic E-state index is -2.63. The quantitative estimate of drug-likeness (QED) is 0.659. The van der Waals surface area contributed by atoms with Gasteiger partial charge in [0.15, 0.2) is 5.78 Å². The number of hydrogen-bond donors (Lipinski definition) is 1. The molecule has 2 aromatic heterocycles. The number of benzene rings is 1. The summed E-state index contributed by atoms with van der Waals surface area (Å²) in [7, 11) is 0. The van der Waals surface area contributed by atoms with Crippen molar-refractivity contribution in [2.24, 2.45) is 5.92 Å². The van der Waals surface area contributed by atoms with Crippen molar-refractivity contribution in [1.29, 1.82) is 0 Å². The highest BCUT2D eigenvalue weighted by Crippen LogP contribution is 2.44. The molecule has 7 heteroatoms. The zero-order valence-corrected chi connectivity index (χ0v) is 15.3. The van der Waals surface area contributed by atoms with Gasteiger partial charge in [-0.15, -0.1) is 0 Å². The third-order valence-electron chi connectivity index (χ3n) is 5.11. The number of alkyl halides is 2. The third-order valence-corrected chi connectivity index (χ3v) is 5.11. The highest BCUT2D eigenvalue weighted by atomic mass is 19.3. The Morgan fingerprint density at radius 1 is 1.25 bits per heavy atom. The Hall–Kier alpha value is -3.09. The number of halogens is 2. The largest absolute Gasteiger partial charge is 0.320 e. The van der Waals surface area contributed by atoms with Crippen molar-refractivity contribution in [3.8, 4) is 0 Å². The average Bonchev–Trinajstić information content (AvgIpc) is 3.06. The van der Waals surface area contributed by atoms with E-state index >= 15 is 0 Å². The van der Waals surface area contributed by atoms with Crippen LogP contribution in [0.25, 0.3) is 5.65 Å². The van der Waals surface area contributed by atoms with Gasteiger partial charge in [-0.25, -0.2) is 13.8 Å². The van der Waals surface area contributed by atoms with Gasteiger partial charge in [0.1, 0.15) is 11.3 Å². The Morgan fingerprint density at radius 2 is 2.04 bits per heavy atom. The van der Waals surface area contributed by atoms with Crippen LogP contribution in [0.1, 0.15) is 45.7 Å². The molecule has 4 rings (SSSR count). The molecule has 0 bridgehead atoms. The smallest absolute Gasteiger partial charge is 0.274 e. The number of nitrogens with one attached hydrogen (secondary N) is 1. The molecule has 5 nitrogen and oxygen atoms in total. The first-order chi connectivity index (χ1) is 13.3. The maximum Gasteiger partial charge on any atom is 0.274 e. The minimum Gasteiger partial charge on any atom is -0.320 e. The van der Waals surface area contributed by atoms with Crippen LogP contribution in [0.2, 0.25) is 0 Å². The van der Waals surface area contributed by atoms with Crippen molar-refractivity contribution in [3.63, 3.8) is 0 Å². The van der Waals surface area contributed by atoms with Gasteiger partial charge in [-0.05, 0) is 36.6 Å². The number of aromatic nitrogens is 2. The predicted molar refractivity (Wildman–Crippen MR) is 101 cm³/mol. The van der Waals surface area contributed by atoms with Crippen molar-refractivity contribution >= 4 is 23.0 Å². The Labute approximate surface area is 160 Å². The Balaban J connectivity index is 1.51. The fourth-order valence-corrected chi connectivity index (χ4v) is 3.53. The van der Waals surface area contributed by atoms with E-state index in [9.17, 15) is 18.4 Å². The van der Waals surface area contributed by atoms with Crippen molar-refractivity contribution < 1.29 is 18.4 Å². The number of hydrogen-bond acceptors (Lipinski definition) is 3. The summed E-state index contributed by atoms with van der Waals surface area (Å²) in [6, 6.07) is 10.5. The number of pyridine rings is 1. The molecule has 1 amide bonds. The number of carbonyl (C=O) groups excluding carboxylic acids is 2. The third kappa shape index (κ3) is 3.52. The summed E-state index contributed by atoms with van der Waals surface area (Å²) >= 11 is 0. The van der Waals surface area contributed by atoms with Crippen LogP contribution in [-0.4, -0.2) is 27.0 Å². The second-order valence-corrected chi connectivity index (χ2v) is 7.31. The zero-order chi connectivity index (χ0) is 19.9. The SMILES string of the molecule is Cc1ccc(C(=O)CC2CC(F)(F)C2)cc1NC(=O)c1cnc2ccccn12. The molecule has 1 aliphatic rings. The van der Waals surface area contributed by atoms with Gasteiger partial charge in [0, 0.05) is 36.7 Å². The van der Waals surface area contributed by atoms with E-state index in [0.29, 0.717) is 22.6 Å². The van der Waals surface area contributed by atoms with E-state index in [4.69, 9.17) is 0 Å². The lowest BCUT2D eigenvalue weighted by Crippen LogP contribution is -2.36. The van der Waals surface area contributed by atoms with E-state index in [2.05, 4.69) is 10.3 Å². The molecule has 0 saturated heterocycles. The van der Waals surface area contributed by atoms with Gasteiger partial charge in [-0.2, -0.15) is 0 Å². The second-order valence-electron chi connectivity index (χ2n) is 7.31. The van der Waals surface area contributed by atoms with Gasteiger partial charge in [0.05, 0.1) is 6.20 Å². The van der Waals surface area contributed by atoms with Crippen LogP contribution in [0.5, 0.6) is 0 Å². The molecule has 0 unspecified atom stereocenters. The number of fused-ring (bicyclic) bond motifs is 1. The van der Waals surface area contributed by atoms with Crippen molar-refractivity contribution in [2.75, 3.05) is 5.32 Å². The lowest BCUT2D eigenvalue weighted by atomic mass is 9.77. The number of imidazole rings is 1. The summed E-state index contributed by atoms with van der Waals surface area (Å²) in [5.74, 6) is -3.44. The fourth-order valence-electron chi connectivity index (χ4n) is 3.53. The van der Waals surface area contributed by atoms with Crippen LogP contribution < -0.4 is 5.32 Å². The zero-order valence-electron chi connectivity index (χ0n) is 15.3. The summed E-state index contributed by atoms with van der Waals surface area (Å²) < 4.78 is 27.6. The molecule has 0 spiro atoms. The average molecular weight is 383 g/mol. The molecular weight excluding hydrogens is 364 g/mol. The van der Waals surface area contributed by atoms with E-state index in [1.165, 1.54) is 6.20 Å². The number of anilines is 1. The number of ketones is 1. The van der Waals surface area contributed by atoms with Gasteiger partial charge in [-0.3, -0.25) is 14.0 Å². The van der Waals surface area contributed by atoms with Crippen LogP contribution in [0.4, 0.5) is 14.5 Å². The first kappa shape index (κ1) is 18.3. The molecule has 1 fully saturated rings. The van der Waals surface area contributed by atoms with E-state index < -0.39 is 5.92 Å². The molecule has 28 heavy (non-hydrogen) atoms. The summed E-state index contributed by atoms with van der Waals surface area (Å²) in [6.07, 6.45) is 2.87. The predicted octanol–water partition coefficient (Wildman–Crippen LogP) is 4.51. The molecule has 2 heterocycles. The first-order valence-corrected chi connectivity index (χ1v) is 9.07. The number of amides is 1. The van der Waals surface area contributed by atoms with Crippen LogP contribution >= 0.6 is 0 Å². The molecule has 1 aliphatic carbocycles. The lowest BCUT2D eigenvalue weighted by molar-refractivity contribution is -0.109. The monoisotopic (exact) mass is 383 g/mol. The van der Waals surface area contributed by atoms with Crippen LogP contribution in [0, 0.1) is 12.8 Å². The summed E-state index contributed by atoms with van der Waals surface area (Å²) in [5, 5.41) is 2.82. The van der Waals surface area contributed by atoms with Gasteiger partial charge >= 0.3 is 0 Å². The normalized spacial score (nSPS) is 16.0. The molecule has 1 aromatic carbocycles.